The van der Waals surface area contributed by atoms with Gasteiger partial charge in [0, 0.05) is 11.7 Å². The summed E-state index contributed by atoms with van der Waals surface area (Å²) in [5, 5.41) is 0. The standard InChI is InChI=1S/C15H20N2O/c1-10-3-6-12(7-4-10)17-9-14-13(15(17)18)8-5-11(2)16-14/h5,8,10,12H,3-4,6-7,9H2,1-2H3/t10-,12-. The largest absolute Gasteiger partial charge is 0.330 e. The number of hydrogen-bond acceptors (Lipinski definition) is 2. The SMILES string of the molecule is Cc1ccc2c(n1)CN([C@H]1CC[C@H](C)CC1)C2=O. The van der Waals surface area contributed by atoms with E-state index in [1.54, 1.807) is 0 Å². The summed E-state index contributed by atoms with van der Waals surface area (Å²) < 4.78 is 0. The smallest absolute Gasteiger partial charge is 0.256 e. The van der Waals surface area contributed by atoms with Crippen molar-refractivity contribution in [3.63, 3.8) is 0 Å². The van der Waals surface area contributed by atoms with Gasteiger partial charge in [0.25, 0.3) is 5.91 Å². The number of carbonyl (C=O) groups excluding carboxylic acids is 1. The molecule has 1 fully saturated rings. The van der Waals surface area contributed by atoms with Crippen molar-refractivity contribution in [2.75, 3.05) is 0 Å². The minimum absolute atomic E-state index is 0.192. The number of nitrogens with zero attached hydrogens (tertiary/aromatic N) is 2. The second-order valence-corrected chi connectivity index (χ2v) is 5.79. The highest BCUT2D eigenvalue weighted by Crippen LogP contribution is 2.32. The summed E-state index contributed by atoms with van der Waals surface area (Å²) in [6.45, 7) is 5.01. The molecule has 0 atom stereocenters. The maximum Gasteiger partial charge on any atom is 0.256 e. The van der Waals surface area contributed by atoms with E-state index in [2.05, 4.69) is 11.9 Å². The molecule has 2 heterocycles. The van der Waals surface area contributed by atoms with Gasteiger partial charge in [-0.2, -0.15) is 0 Å². The third-order valence-corrected chi connectivity index (χ3v) is 4.35. The van der Waals surface area contributed by atoms with Crippen molar-refractivity contribution >= 4 is 5.91 Å². The average Bonchev–Trinajstić information content (AvgIpc) is 2.67. The Labute approximate surface area is 108 Å². The monoisotopic (exact) mass is 244 g/mol. The van der Waals surface area contributed by atoms with Crippen LogP contribution in [0.15, 0.2) is 12.1 Å². The molecular weight excluding hydrogens is 224 g/mol. The van der Waals surface area contributed by atoms with Crippen LogP contribution >= 0.6 is 0 Å². The number of aromatic nitrogens is 1. The Morgan fingerprint density at radius 1 is 1.22 bits per heavy atom. The molecule has 0 bridgehead atoms. The van der Waals surface area contributed by atoms with Crippen LogP contribution in [0.1, 0.15) is 54.4 Å². The number of hydrogen-bond donors (Lipinski definition) is 0. The molecule has 0 N–H and O–H groups in total. The third kappa shape index (κ3) is 1.92. The summed E-state index contributed by atoms with van der Waals surface area (Å²) >= 11 is 0. The lowest BCUT2D eigenvalue weighted by Crippen LogP contribution is -2.38. The molecule has 0 aromatic carbocycles. The van der Waals surface area contributed by atoms with Crippen LogP contribution in [0.5, 0.6) is 0 Å². The van der Waals surface area contributed by atoms with Gasteiger partial charge in [-0.3, -0.25) is 9.78 Å². The molecular formula is C15H20N2O. The summed E-state index contributed by atoms with van der Waals surface area (Å²) in [6, 6.07) is 4.30. The van der Waals surface area contributed by atoms with E-state index in [0.717, 1.165) is 42.3 Å². The minimum Gasteiger partial charge on any atom is -0.330 e. The summed E-state index contributed by atoms with van der Waals surface area (Å²) in [6.07, 6.45) is 4.80. The summed E-state index contributed by atoms with van der Waals surface area (Å²) in [5.41, 5.74) is 2.79. The fourth-order valence-electron chi connectivity index (χ4n) is 3.16. The van der Waals surface area contributed by atoms with Crippen molar-refractivity contribution in [2.45, 2.75) is 52.1 Å². The zero-order chi connectivity index (χ0) is 12.7. The Kier molecular flexibility index (Phi) is 2.84. The Hall–Kier alpha value is -1.38. The van der Waals surface area contributed by atoms with Crippen LogP contribution in [0.2, 0.25) is 0 Å². The van der Waals surface area contributed by atoms with E-state index in [-0.39, 0.29) is 5.91 Å². The zero-order valence-corrected chi connectivity index (χ0v) is 11.1. The van der Waals surface area contributed by atoms with Crippen LogP contribution in [0, 0.1) is 12.8 Å². The molecule has 1 amide bonds. The highest BCUT2D eigenvalue weighted by Gasteiger charge is 2.34. The van der Waals surface area contributed by atoms with Crippen LogP contribution in [-0.4, -0.2) is 21.8 Å². The maximum atomic E-state index is 12.4. The van der Waals surface area contributed by atoms with E-state index >= 15 is 0 Å². The van der Waals surface area contributed by atoms with Gasteiger partial charge < -0.3 is 4.90 Å². The lowest BCUT2D eigenvalue weighted by molar-refractivity contribution is 0.0639. The zero-order valence-electron chi connectivity index (χ0n) is 11.1. The van der Waals surface area contributed by atoms with Crippen LogP contribution in [0.3, 0.4) is 0 Å². The number of rotatable bonds is 1. The molecule has 0 spiro atoms. The van der Waals surface area contributed by atoms with E-state index in [0.29, 0.717) is 6.04 Å². The van der Waals surface area contributed by atoms with E-state index < -0.39 is 0 Å². The first-order valence-corrected chi connectivity index (χ1v) is 6.92. The molecule has 18 heavy (non-hydrogen) atoms. The molecule has 0 radical (unpaired) electrons. The molecule has 0 saturated heterocycles. The van der Waals surface area contributed by atoms with Crippen molar-refractivity contribution in [1.29, 1.82) is 0 Å². The van der Waals surface area contributed by atoms with E-state index in [1.807, 2.05) is 24.0 Å². The number of pyridine rings is 1. The molecule has 2 aliphatic rings. The normalized spacial score (nSPS) is 27.4. The molecule has 1 aromatic rings. The predicted molar refractivity (Wildman–Crippen MR) is 70.3 cm³/mol. The highest BCUT2D eigenvalue weighted by molar-refractivity contribution is 5.98. The topological polar surface area (TPSA) is 33.2 Å². The fourth-order valence-corrected chi connectivity index (χ4v) is 3.16. The second kappa shape index (κ2) is 4.38. The first-order valence-electron chi connectivity index (χ1n) is 6.92. The lowest BCUT2D eigenvalue weighted by Gasteiger charge is -2.33. The van der Waals surface area contributed by atoms with Crippen molar-refractivity contribution in [2.24, 2.45) is 5.92 Å². The van der Waals surface area contributed by atoms with Gasteiger partial charge >= 0.3 is 0 Å². The Balaban J connectivity index is 1.80. The van der Waals surface area contributed by atoms with E-state index in [9.17, 15) is 4.79 Å². The van der Waals surface area contributed by atoms with Gasteiger partial charge in [0.05, 0.1) is 17.8 Å². The quantitative estimate of drug-likeness (QED) is 0.761. The van der Waals surface area contributed by atoms with Crippen molar-refractivity contribution in [3.8, 4) is 0 Å². The molecule has 3 heteroatoms. The molecule has 1 aromatic heterocycles. The summed E-state index contributed by atoms with van der Waals surface area (Å²) in [4.78, 5) is 18.9. The number of aryl methyl sites for hydroxylation is 1. The van der Waals surface area contributed by atoms with Gasteiger partial charge in [-0.05, 0) is 50.7 Å². The van der Waals surface area contributed by atoms with Gasteiger partial charge in [0.15, 0.2) is 0 Å². The molecule has 96 valence electrons. The Morgan fingerprint density at radius 3 is 2.67 bits per heavy atom. The molecule has 3 rings (SSSR count). The minimum atomic E-state index is 0.192. The molecule has 1 saturated carbocycles. The number of carbonyl (C=O) groups is 1. The van der Waals surface area contributed by atoms with E-state index in [4.69, 9.17) is 0 Å². The lowest BCUT2D eigenvalue weighted by atomic mass is 9.86. The Morgan fingerprint density at radius 2 is 1.94 bits per heavy atom. The second-order valence-electron chi connectivity index (χ2n) is 5.79. The molecule has 3 nitrogen and oxygen atoms in total. The van der Waals surface area contributed by atoms with Crippen molar-refractivity contribution in [3.05, 3.63) is 29.1 Å². The average molecular weight is 244 g/mol. The van der Waals surface area contributed by atoms with Crippen molar-refractivity contribution in [1.82, 2.24) is 9.88 Å². The Bertz CT molecular complexity index is 475. The maximum absolute atomic E-state index is 12.4. The van der Waals surface area contributed by atoms with Crippen LogP contribution < -0.4 is 0 Å². The summed E-state index contributed by atoms with van der Waals surface area (Å²) in [7, 11) is 0. The van der Waals surface area contributed by atoms with Crippen molar-refractivity contribution < 1.29 is 4.79 Å². The van der Waals surface area contributed by atoms with Gasteiger partial charge in [-0.25, -0.2) is 0 Å². The first kappa shape index (κ1) is 11.7. The predicted octanol–water partition coefficient (Wildman–Crippen LogP) is 2.92. The third-order valence-electron chi connectivity index (χ3n) is 4.35. The molecule has 1 aliphatic carbocycles. The van der Waals surface area contributed by atoms with Crippen LogP contribution in [0.25, 0.3) is 0 Å². The van der Waals surface area contributed by atoms with Gasteiger partial charge in [0.2, 0.25) is 0 Å². The first-order chi connectivity index (χ1) is 8.65. The number of amides is 1. The summed E-state index contributed by atoms with van der Waals surface area (Å²) in [5.74, 6) is 1.01. The molecule has 1 aliphatic heterocycles. The fraction of sp³-hybridized carbons (Fsp3) is 0.600. The van der Waals surface area contributed by atoms with Gasteiger partial charge in [0.1, 0.15) is 0 Å². The highest BCUT2D eigenvalue weighted by atomic mass is 16.2. The van der Waals surface area contributed by atoms with Gasteiger partial charge in [-0.15, -0.1) is 0 Å². The van der Waals surface area contributed by atoms with E-state index in [1.165, 1.54) is 12.8 Å². The van der Waals surface area contributed by atoms with Gasteiger partial charge in [-0.1, -0.05) is 6.92 Å². The van der Waals surface area contributed by atoms with Crippen LogP contribution in [-0.2, 0) is 6.54 Å². The van der Waals surface area contributed by atoms with Crippen LogP contribution in [0.4, 0.5) is 0 Å². The number of fused-ring (bicyclic) bond motifs is 1. The molecule has 0 unspecified atom stereocenters.